The third-order valence-electron chi connectivity index (χ3n) is 1.08. The molecular weight excluding hydrogens is 188 g/mol. The van der Waals surface area contributed by atoms with Gasteiger partial charge in [0.1, 0.15) is 0 Å². The SMILES string of the molecule is [B+2]c1c(F)ccc(Cl)c1F.[OH-].[OH-]. The minimum atomic E-state index is -0.901. The Labute approximate surface area is 74.2 Å². The maximum absolute atomic E-state index is 12.5. The van der Waals surface area contributed by atoms with Gasteiger partial charge in [0.25, 0.3) is 0 Å². The van der Waals surface area contributed by atoms with Gasteiger partial charge in [-0.3, -0.25) is 0 Å². The fourth-order valence-electron chi connectivity index (χ4n) is 0.543. The number of hydrogen-bond donors (Lipinski definition) is 0. The maximum atomic E-state index is 12.5. The van der Waals surface area contributed by atoms with Gasteiger partial charge in [-0.15, -0.1) is 0 Å². The Hall–Kier alpha value is -0.645. The first-order chi connectivity index (χ1) is 4.63. The molecule has 1 aromatic carbocycles. The molecule has 0 aliphatic rings. The van der Waals surface area contributed by atoms with Gasteiger partial charge in [0, 0.05) is 0 Å². The summed E-state index contributed by atoms with van der Waals surface area (Å²) in [6.07, 6.45) is 0. The van der Waals surface area contributed by atoms with Crippen LogP contribution in [-0.2, 0) is 0 Å². The van der Waals surface area contributed by atoms with Crippen molar-refractivity contribution in [2.45, 2.75) is 0 Å². The third kappa shape index (κ3) is 2.44. The van der Waals surface area contributed by atoms with Crippen molar-refractivity contribution in [1.29, 1.82) is 0 Å². The number of hydrogen-bond acceptors (Lipinski definition) is 2. The molecule has 2 nitrogen and oxygen atoms in total. The monoisotopic (exact) mass is 192 g/mol. The van der Waals surface area contributed by atoms with Crippen molar-refractivity contribution in [1.82, 2.24) is 0 Å². The summed E-state index contributed by atoms with van der Waals surface area (Å²) in [5.74, 6) is -1.69. The average molecular weight is 192 g/mol. The molecule has 0 unspecified atom stereocenters. The molecule has 64 valence electrons. The minimum absolute atomic E-state index is 0. The second-order valence-electron chi connectivity index (χ2n) is 1.76. The fraction of sp³-hybridized carbons (Fsp3) is 0. The van der Waals surface area contributed by atoms with E-state index in [0.29, 0.717) is 0 Å². The summed E-state index contributed by atoms with van der Waals surface area (Å²) in [5.41, 5.74) is -0.535. The van der Waals surface area contributed by atoms with E-state index >= 15 is 0 Å². The molecule has 0 saturated heterocycles. The molecular formula is C6H4BClF2O2. The van der Waals surface area contributed by atoms with Crippen molar-refractivity contribution < 1.29 is 19.7 Å². The molecule has 0 atom stereocenters. The molecule has 0 fully saturated rings. The predicted octanol–water partition coefficient (Wildman–Crippen LogP) is 1.06. The maximum Gasteiger partial charge on any atom is -0.870 e. The zero-order chi connectivity index (χ0) is 7.72. The van der Waals surface area contributed by atoms with Crippen LogP contribution >= 0.6 is 11.6 Å². The Kier molecular flexibility index (Phi) is 5.89. The molecule has 0 aliphatic heterocycles. The van der Waals surface area contributed by atoms with Crippen LogP contribution in [0.4, 0.5) is 8.78 Å². The molecule has 0 aliphatic carbocycles. The second kappa shape index (κ2) is 5.08. The van der Waals surface area contributed by atoms with Crippen molar-refractivity contribution in [3.63, 3.8) is 0 Å². The van der Waals surface area contributed by atoms with Crippen LogP contribution in [0.5, 0.6) is 0 Å². The molecule has 0 heterocycles. The van der Waals surface area contributed by atoms with E-state index in [9.17, 15) is 8.78 Å². The normalized spacial score (nSPS) is 8.42. The fourth-order valence-corrected chi connectivity index (χ4v) is 0.708. The van der Waals surface area contributed by atoms with Gasteiger partial charge in [-0.25, -0.2) is 0 Å². The average Bonchev–Trinajstić information content (AvgIpc) is 1.93. The molecule has 2 N–H and O–H groups in total. The van der Waals surface area contributed by atoms with E-state index in [-0.39, 0.29) is 16.0 Å². The van der Waals surface area contributed by atoms with Crippen LogP contribution in [-0.4, -0.2) is 18.8 Å². The van der Waals surface area contributed by atoms with Gasteiger partial charge in [-0.05, 0) is 0 Å². The van der Waals surface area contributed by atoms with E-state index in [0.717, 1.165) is 12.1 Å². The summed E-state index contributed by atoms with van der Waals surface area (Å²) in [5, 5.41) is -0.168. The summed E-state index contributed by atoms with van der Waals surface area (Å²) in [7, 11) is 4.95. The van der Waals surface area contributed by atoms with Gasteiger partial charge in [0.15, 0.2) is 0 Å². The van der Waals surface area contributed by atoms with Crippen molar-refractivity contribution in [3.05, 3.63) is 28.8 Å². The largest absolute Gasteiger partial charge is 0.870 e. The molecule has 0 radical (unpaired) electrons. The van der Waals surface area contributed by atoms with Crippen LogP contribution in [0.1, 0.15) is 0 Å². The Morgan fingerprint density at radius 3 is 2.08 bits per heavy atom. The summed E-state index contributed by atoms with van der Waals surface area (Å²) < 4.78 is 24.8. The first-order valence-electron chi connectivity index (χ1n) is 2.52. The van der Waals surface area contributed by atoms with E-state index in [1.165, 1.54) is 0 Å². The summed E-state index contributed by atoms with van der Waals surface area (Å²) in [6.45, 7) is 0. The van der Waals surface area contributed by atoms with Crippen LogP contribution in [0, 0.1) is 11.6 Å². The number of rotatable bonds is 0. The van der Waals surface area contributed by atoms with Gasteiger partial charge in [-0.1, -0.05) is 0 Å². The van der Waals surface area contributed by atoms with Crippen LogP contribution in [0.25, 0.3) is 0 Å². The Bertz CT molecular complexity index is 243. The summed E-state index contributed by atoms with van der Waals surface area (Å²) >= 11 is 5.26. The van der Waals surface area contributed by atoms with Gasteiger partial charge < -0.3 is 11.0 Å². The first kappa shape index (κ1) is 13.9. The van der Waals surface area contributed by atoms with Crippen molar-refractivity contribution in [2.75, 3.05) is 0 Å². The smallest absolute Gasteiger partial charge is 0.870 e. The molecule has 0 aromatic heterocycles. The number of halogens is 3. The van der Waals surface area contributed by atoms with E-state index in [1.807, 2.05) is 0 Å². The predicted molar refractivity (Wildman–Crippen MR) is 40.6 cm³/mol. The Balaban J connectivity index is 0. The van der Waals surface area contributed by atoms with Crippen molar-refractivity contribution >= 4 is 24.9 Å². The topological polar surface area (TPSA) is 60.0 Å². The molecule has 12 heavy (non-hydrogen) atoms. The van der Waals surface area contributed by atoms with Gasteiger partial charge in [-0.2, -0.15) is 0 Å². The van der Waals surface area contributed by atoms with Crippen LogP contribution in [0.3, 0.4) is 0 Å². The number of benzene rings is 1. The molecule has 6 heteroatoms. The second-order valence-corrected chi connectivity index (χ2v) is 2.16. The zero-order valence-corrected chi connectivity index (χ0v) is 6.52. The van der Waals surface area contributed by atoms with Crippen LogP contribution in [0.2, 0.25) is 5.02 Å². The van der Waals surface area contributed by atoms with Crippen LogP contribution < -0.4 is 5.46 Å². The standard InChI is InChI=1S/C6H2BClF2.2H2O/c7-5-4(9)2-1-3(8)6(5)10;;/h1-2H;2*1H2/q+2;;/p-2. The minimum Gasteiger partial charge on any atom is -0.870 e. The van der Waals surface area contributed by atoms with Crippen molar-refractivity contribution in [3.8, 4) is 0 Å². The van der Waals surface area contributed by atoms with E-state index in [1.54, 1.807) is 0 Å². The summed E-state index contributed by atoms with van der Waals surface area (Å²) in [6, 6.07) is 2.13. The van der Waals surface area contributed by atoms with Crippen LogP contribution in [0.15, 0.2) is 12.1 Å². The zero-order valence-electron chi connectivity index (χ0n) is 5.76. The Morgan fingerprint density at radius 1 is 1.17 bits per heavy atom. The van der Waals surface area contributed by atoms with E-state index < -0.39 is 17.1 Å². The van der Waals surface area contributed by atoms with Gasteiger partial charge >= 0.3 is 62.5 Å². The molecule has 0 bridgehead atoms. The first-order valence-corrected chi connectivity index (χ1v) is 2.89. The quantitative estimate of drug-likeness (QED) is 0.456. The molecule has 0 saturated carbocycles. The van der Waals surface area contributed by atoms with E-state index in [2.05, 4.69) is 0 Å². The molecule has 1 rings (SSSR count). The molecule has 0 amide bonds. The van der Waals surface area contributed by atoms with Gasteiger partial charge in [0.05, 0.1) is 0 Å². The third-order valence-corrected chi connectivity index (χ3v) is 1.37. The Morgan fingerprint density at radius 2 is 1.67 bits per heavy atom. The molecule has 0 spiro atoms. The van der Waals surface area contributed by atoms with E-state index in [4.69, 9.17) is 19.4 Å². The van der Waals surface area contributed by atoms with Gasteiger partial charge in [0.2, 0.25) is 0 Å². The van der Waals surface area contributed by atoms with Crippen molar-refractivity contribution in [2.24, 2.45) is 0 Å². The molecule has 1 aromatic rings. The summed E-state index contributed by atoms with van der Waals surface area (Å²) in [4.78, 5) is 0.